The van der Waals surface area contributed by atoms with Gasteiger partial charge in [-0.1, -0.05) is 166 Å². The maximum Gasteiger partial charge on any atom is 0.136 e. The maximum absolute atomic E-state index is 6.27. The second-order valence-electron chi connectivity index (χ2n) is 15.7. The summed E-state index contributed by atoms with van der Waals surface area (Å²) >= 11 is 0. The predicted molar refractivity (Wildman–Crippen MR) is 240 cm³/mol. The molecule has 0 bridgehead atoms. The summed E-state index contributed by atoms with van der Waals surface area (Å²) in [6.07, 6.45) is 0. The maximum atomic E-state index is 6.27. The van der Waals surface area contributed by atoms with E-state index in [1.165, 1.54) is 55.3 Å². The lowest BCUT2D eigenvalue weighted by Gasteiger charge is -2.29. The Bertz CT molecular complexity index is 3130. The van der Waals surface area contributed by atoms with Crippen molar-refractivity contribution in [3.63, 3.8) is 0 Å². The summed E-state index contributed by atoms with van der Waals surface area (Å²) in [7, 11) is 0. The zero-order chi connectivity index (χ0) is 38.1. The zero-order valence-corrected chi connectivity index (χ0v) is 31.9. The SMILES string of the molecule is CC1(C)c2ccccc2-c2ccc(N(c3ccc(-c4ccc5c(c4)oc4ccccc45)cc3)c3ccc(-c4ccc(-c5ccccc5)cc4)c4ccccc34)cc21. The summed E-state index contributed by atoms with van der Waals surface area (Å²) in [5, 5.41) is 4.70. The lowest BCUT2D eigenvalue weighted by Crippen LogP contribution is -2.16. The first-order valence-corrected chi connectivity index (χ1v) is 19.8. The zero-order valence-electron chi connectivity index (χ0n) is 31.9. The van der Waals surface area contributed by atoms with Gasteiger partial charge in [0.05, 0.1) is 5.69 Å². The monoisotopic (exact) mass is 729 g/mol. The first kappa shape index (κ1) is 33.2. The topological polar surface area (TPSA) is 16.4 Å². The average molecular weight is 730 g/mol. The van der Waals surface area contributed by atoms with Gasteiger partial charge in [-0.05, 0) is 110 Å². The van der Waals surface area contributed by atoms with Crippen LogP contribution in [0.1, 0.15) is 25.0 Å². The molecule has 0 aliphatic heterocycles. The van der Waals surface area contributed by atoms with E-state index in [1.54, 1.807) is 0 Å². The molecular weight excluding hydrogens is 691 g/mol. The van der Waals surface area contributed by atoms with Crippen molar-refractivity contribution in [3.8, 4) is 44.5 Å². The van der Waals surface area contributed by atoms with Gasteiger partial charge < -0.3 is 9.32 Å². The van der Waals surface area contributed by atoms with Crippen LogP contribution in [0.4, 0.5) is 17.1 Å². The number of benzene rings is 9. The van der Waals surface area contributed by atoms with Gasteiger partial charge in [-0.15, -0.1) is 0 Å². The Morgan fingerprint density at radius 1 is 0.351 bits per heavy atom. The summed E-state index contributed by atoms with van der Waals surface area (Å²) in [6.45, 7) is 4.71. The van der Waals surface area contributed by atoms with Crippen LogP contribution in [-0.4, -0.2) is 0 Å². The molecule has 0 fully saturated rings. The van der Waals surface area contributed by atoms with Crippen molar-refractivity contribution in [2.45, 2.75) is 19.3 Å². The van der Waals surface area contributed by atoms with Gasteiger partial charge in [0.25, 0.3) is 0 Å². The second-order valence-corrected chi connectivity index (χ2v) is 15.7. The summed E-state index contributed by atoms with van der Waals surface area (Å²) < 4.78 is 6.27. The highest BCUT2D eigenvalue weighted by molar-refractivity contribution is 6.07. The van der Waals surface area contributed by atoms with E-state index in [1.807, 2.05) is 12.1 Å². The number of rotatable bonds is 6. The van der Waals surface area contributed by atoms with Crippen LogP contribution in [0.15, 0.2) is 205 Å². The molecule has 0 unspecified atom stereocenters. The first-order chi connectivity index (χ1) is 28.0. The molecule has 0 N–H and O–H groups in total. The van der Waals surface area contributed by atoms with Crippen LogP contribution >= 0.6 is 0 Å². The van der Waals surface area contributed by atoms with Gasteiger partial charge in [0.1, 0.15) is 11.2 Å². The van der Waals surface area contributed by atoms with E-state index in [4.69, 9.17) is 4.42 Å². The van der Waals surface area contributed by atoms with Crippen LogP contribution < -0.4 is 4.90 Å². The number of nitrogens with zero attached hydrogens (tertiary/aromatic N) is 1. The van der Waals surface area contributed by atoms with E-state index in [-0.39, 0.29) is 5.41 Å². The summed E-state index contributed by atoms with van der Waals surface area (Å²) in [5.74, 6) is 0. The first-order valence-electron chi connectivity index (χ1n) is 19.8. The molecule has 9 aromatic carbocycles. The fourth-order valence-corrected chi connectivity index (χ4v) is 9.17. The molecule has 57 heavy (non-hydrogen) atoms. The Labute approximate surface area is 332 Å². The second kappa shape index (κ2) is 13.0. The minimum Gasteiger partial charge on any atom is -0.456 e. The van der Waals surface area contributed by atoms with Crippen molar-refractivity contribution >= 4 is 49.8 Å². The average Bonchev–Trinajstić information content (AvgIpc) is 3.75. The molecule has 1 aromatic heterocycles. The molecule has 10 aromatic rings. The third-order valence-corrected chi connectivity index (χ3v) is 12.1. The Balaban J connectivity index is 1.05. The molecule has 0 atom stereocenters. The van der Waals surface area contributed by atoms with Crippen molar-refractivity contribution in [1.82, 2.24) is 0 Å². The molecule has 1 aliphatic rings. The quantitative estimate of drug-likeness (QED) is 0.169. The molecule has 1 heterocycles. The molecule has 0 spiro atoms. The molecule has 0 amide bonds. The molecule has 2 nitrogen and oxygen atoms in total. The van der Waals surface area contributed by atoms with E-state index in [0.29, 0.717) is 0 Å². The number of anilines is 3. The van der Waals surface area contributed by atoms with Crippen molar-refractivity contribution in [3.05, 3.63) is 211 Å². The van der Waals surface area contributed by atoms with E-state index >= 15 is 0 Å². The molecular formula is C55H39NO. The van der Waals surface area contributed by atoms with Crippen LogP contribution in [-0.2, 0) is 5.41 Å². The number of furan rings is 1. The van der Waals surface area contributed by atoms with E-state index in [2.05, 4.69) is 207 Å². The molecule has 0 saturated carbocycles. The van der Waals surface area contributed by atoms with Crippen molar-refractivity contribution in [2.24, 2.45) is 0 Å². The standard InChI is InChI=1S/C55H39NO/c1-55(2)50-18-10-8-15-45(50)46-31-29-42(35-51(46)55)56(41-27-24-38(25-28-41)40-26-30-49-48-17-9-11-19-53(48)57-54(49)34-40)52-33-32-43(44-14-6-7-16-47(44)52)39-22-20-37(21-23-39)36-12-4-3-5-13-36/h3-35H,1-2H3. The molecule has 1 aliphatic carbocycles. The molecule has 2 heteroatoms. The minimum atomic E-state index is -0.120. The Hall–Kier alpha value is -7.16. The lowest BCUT2D eigenvalue weighted by molar-refractivity contribution is 0.660. The molecule has 270 valence electrons. The summed E-state index contributed by atoms with van der Waals surface area (Å²) in [4.78, 5) is 2.44. The van der Waals surface area contributed by atoms with Gasteiger partial charge in [0.15, 0.2) is 0 Å². The number of para-hydroxylation sites is 1. The van der Waals surface area contributed by atoms with E-state index < -0.39 is 0 Å². The van der Waals surface area contributed by atoms with Gasteiger partial charge >= 0.3 is 0 Å². The lowest BCUT2D eigenvalue weighted by atomic mass is 9.82. The number of hydrogen-bond donors (Lipinski definition) is 0. The van der Waals surface area contributed by atoms with E-state index in [0.717, 1.165) is 50.1 Å². The molecule has 0 saturated heterocycles. The number of hydrogen-bond acceptors (Lipinski definition) is 2. The van der Waals surface area contributed by atoms with Gasteiger partial charge in [-0.2, -0.15) is 0 Å². The molecule has 0 radical (unpaired) electrons. The van der Waals surface area contributed by atoms with Crippen LogP contribution in [0.3, 0.4) is 0 Å². The predicted octanol–water partition coefficient (Wildman–Crippen LogP) is 15.5. The highest BCUT2D eigenvalue weighted by Gasteiger charge is 2.35. The van der Waals surface area contributed by atoms with Crippen LogP contribution in [0.25, 0.3) is 77.2 Å². The highest BCUT2D eigenvalue weighted by Crippen LogP contribution is 2.51. The van der Waals surface area contributed by atoms with Crippen LogP contribution in [0.5, 0.6) is 0 Å². The Morgan fingerprint density at radius 3 is 1.74 bits per heavy atom. The van der Waals surface area contributed by atoms with Crippen molar-refractivity contribution < 1.29 is 4.42 Å². The van der Waals surface area contributed by atoms with Gasteiger partial charge in [0, 0.05) is 32.9 Å². The van der Waals surface area contributed by atoms with Crippen molar-refractivity contribution in [1.29, 1.82) is 0 Å². The van der Waals surface area contributed by atoms with Crippen LogP contribution in [0.2, 0.25) is 0 Å². The minimum absolute atomic E-state index is 0.120. The fourth-order valence-electron chi connectivity index (χ4n) is 9.17. The highest BCUT2D eigenvalue weighted by atomic mass is 16.3. The van der Waals surface area contributed by atoms with Crippen molar-refractivity contribution in [2.75, 3.05) is 4.90 Å². The summed E-state index contributed by atoms with van der Waals surface area (Å²) in [5.41, 5.74) is 17.6. The van der Waals surface area contributed by atoms with Gasteiger partial charge in [-0.3, -0.25) is 0 Å². The Morgan fingerprint density at radius 2 is 0.912 bits per heavy atom. The van der Waals surface area contributed by atoms with Crippen LogP contribution in [0, 0.1) is 0 Å². The largest absolute Gasteiger partial charge is 0.456 e. The van der Waals surface area contributed by atoms with Gasteiger partial charge in [-0.25, -0.2) is 0 Å². The molecule has 11 rings (SSSR count). The smallest absolute Gasteiger partial charge is 0.136 e. The third kappa shape index (κ3) is 5.40. The summed E-state index contributed by atoms with van der Waals surface area (Å²) in [6, 6.07) is 72.7. The Kier molecular flexibility index (Phi) is 7.55. The fraction of sp³-hybridized carbons (Fsp3) is 0.0545. The van der Waals surface area contributed by atoms with E-state index in [9.17, 15) is 0 Å². The number of fused-ring (bicyclic) bond motifs is 7. The normalized spacial score (nSPS) is 12.9. The third-order valence-electron chi connectivity index (χ3n) is 12.1. The van der Waals surface area contributed by atoms with Gasteiger partial charge in [0.2, 0.25) is 0 Å².